The highest BCUT2D eigenvalue weighted by atomic mass is 31.2. The number of allylic oxidation sites excluding steroid dienone is 5. The van der Waals surface area contributed by atoms with Gasteiger partial charge in [0.15, 0.2) is 0 Å². The third-order valence-corrected chi connectivity index (χ3v) is 12.1. The molecule has 0 spiro atoms. The molecule has 4 aliphatic rings. The van der Waals surface area contributed by atoms with Crippen LogP contribution in [0.2, 0.25) is 0 Å². The molecule has 5 nitrogen and oxygen atoms in total. The average Bonchev–Trinajstić information content (AvgIpc) is 3.17. The highest BCUT2D eigenvalue weighted by molar-refractivity contribution is 7.62. The van der Waals surface area contributed by atoms with Gasteiger partial charge in [-0.3, -0.25) is 9.36 Å². The minimum atomic E-state index is -3.36. The first-order valence-corrected chi connectivity index (χ1v) is 16.0. The second kappa shape index (κ2) is 10.7. The molecule has 206 valence electrons. The van der Waals surface area contributed by atoms with Gasteiger partial charge in [0.05, 0.1) is 24.1 Å². The minimum absolute atomic E-state index is 0.149. The highest BCUT2D eigenvalue weighted by Crippen LogP contribution is 2.67. The number of aliphatic hydroxyl groups is 1. The summed E-state index contributed by atoms with van der Waals surface area (Å²) in [5.41, 5.74) is 4.36. The number of benzene rings is 1. The summed E-state index contributed by atoms with van der Waals surface area (Å²) < 4.78 is 24.6. The molecule has 3 saturated carbocycles. The number of carbonyl (C=O) groups is 1. The van der Waals surface area contributed by atoms with Crippen molar-refractivity contribution in [2.24, 2.45) is 17.3 Å². The maximum Gasteiger partial charge on any atom is 0.361 e. The van der Waals surface area contributed by atoms with Crippen molar-refractivity contribution in [3.8, 4) is 0 Å². The fourth-order valence-corrected chi connectivity index (χ4v) is 9.62. The molecular weight excluding hydrogens is 495 g/mol. The second-order valence-corrected chi connectivity index (χ2v) is 13.8. The van der Waals surface area contributed by atoms with E-state index in [-0.39, 0.29) is 11.3 Å². The van der Waals surface area contributed by atoms with Gasteiger partial charge in [-0.1, -0.05) is 42.9 Å². The topological polar surface area (TPSA) is 72.8 Å². The zero-order chi connectivity index (χ0) is 27.1. The lowest BCUT2D eigenvalue weighted by Gasteiger charge is -2.54. The summed E-state index contributed by atoms with van der Waals surface area (Å²) in [4.78, 5) is 12.3. The summed E-state index contributed by atoms with van der Waals surface area (Å²) in [6.07, 6.45) is 12.8. The molecule has 5 rings (SSSR count). The maximum absolute atomic E-state index is 13.4. The normalized spacial score (nSPS) is 33.2. The van der Waals surface area contributed by atoms with Gasteiger partial charge < -0.3 is 14.2 Å². The van der Waals surface area contributed by atoms with E-state index in [1.54, 1.807) is 0 Å². The molecule has 0 aromatic heterocycles. The Bertz CT molecular complexity index is 1200. The van der Waals surface area contributed by atoms with E-state index in [1.807, 2.05) is 39.0 Å². The molecule has 0 aliphatic heterocycles. The Hall–Kier alpha value is -1.78. The van der Waals surface area contributed by atoms with Crippen LogP contribution in [0.3, 0.4) is 0 Å². The molecule has 0 bridgehead atoms. The summed E-state index contributed by atoms with van der Waals surface area (Å²) in [5, 5.41) is 12.7. The van der Waals surface area contributed by atoms with E-state index in [2.05, 4.69) is 31.2 Å². The lowest BCUT2D eigenvalue weighted by Crippen LogP contribution is -2.51. The largest absolute Gasteiger partial charge is 0.389 e. The lowest BCUT2D eigenvalue weighted by molar-refractivity contribution is -0.118. The number of Topliss-reactive ketones (excluding diaryl/α,β-unsaturated/α-hetero) is 1. The van der Waals surface area contributed by atoms with Gasteiger partial charge in [0.25, 0.3) is 0 Å². The number of carbonyl (C=O) groups excluding carboxylic acids is 1. The van der Waals surface area contributed by atoms with Crippen LogP contribution < -0.4 is 5.30 Å². The van der Waals surface area contributed by atoms with Crippen molar-refractivity contribution in [1.29, 1.82) is 0 Å². The molecule has 1 N–H and O–H groups in total. The fraction of sp³-hybridized carbons (Fsp3) is 0.594. The molecular formula is C32H43O5P. The van der Waals surface area contributed by atoms with Crippen molar-refractivity contribution in [3.05, 3.63) is 64.8 Å². The standard InChI is InChI=1S/C32H43O5P/c1-5-8-18-32(34)19-17-29-27-15-11-23-20-24(33)12-16-26(23)30(27)28(21-31(29,32)4)22-9-13-25(14-10-22)38(35,36-6-2)37-7-3/h5,8-11,13-14,27-29,34H,6-7,12,15-21H2,1-4H3/t27-,28+,29-,31-,32-/m0/s1. The summed E-state index contributed by atoms with van der Waals surface area (Å²) in [7, 11) is -3.36. The molecule has 0 heterocycles. The molecule has 1 aromatic carbocycles. The Labute approximate surface area is 227 Å². The van der Waals surface area contributed by atoms with Crippen LogP contribution in [0.4, 0.5) is 0 Å². The second-order valence-electron chi connectivity index (χ2n) is 11.8. The first-order valence-electron chi connectivity index (χ1n) is 14.5. The predicted molar refractivity (Wildman–Crippen MR) is 152 cm³/mol. The molecule has 0 amide bonds. The fourth-order valence-electron chi connectivity index (χ4n) is 8.05. The molecule has 0 radical (unpaired) electrons. The summed E-state index contributed by atoms with van der Waals surface area (Å²) in [6, 6.07) is 7.98. The van der Waals surface area contributed by atoms with Crippen molar-refractivity contribution in [3.63, 3.8) is 0 Å². The van der Waals surface area contributed by atoms with E-state index in [9.17, 15) is 14.5 Å². The smallest absolute Gasteiger partial charge is 0.361 e. The van der Waals surface area contributed by atoms with E-state index < -0.39 is 13.2 Å². The van der Waals surface area contributed by atoms with Gasteiger partial charge in [0.1, 0.15) is 5.78 Å². The third-order valence-electron chi connectivity index (χ3n) is 9.94. The Balaban J connectivity index is 1.59. The van der Waals surface area contributed by atoms with Gasteiger partial charge in [-0.15, -0.1) is 0 Å². The molecule has 3 fully saturated rings. The number of fused-ring (bicyclic) bond motifs is 4. The summed E-state index contributed by atoms with van der Waals surface area (Å²) in [6.45, 7) is 8.63. The predicted octanol–water partition coefficient (Wildman–Crippen LogP) is 7.17. The first-order chi connectivity index (χ1) is 18.2. The van der Waals surface area contributed by atoms with Crippen molar-refractivity contribution in [2.75, 3.05) is 13.2 Å². The van der Waals surface area contributed by atoms with Crippen LogP contribution in [-0.4, -0.2) is 29.7 Å². The van der Waals surface area contributed by atoms with E-state index >= 15 is 0 Å². The Morgan fingerprint density at radius 2 is 1.84 bits per heavy atom. The van der Waals surface area contributed by atoms with E-state index in [0.29, 0.717) is 55.4 Å². The highest BCUT2D eigenvalue weighted by Gasteiger charge is 2.62. The van der Waals surface area contributed by atoms with Gasteiger partial charge in [-0.2, -0.15) is 0 Å². The van der Waals surface area contributed by atoms with Crippen molar-refractivity contribution in [2.45, 2.75) is 90.6 Å². The summed E-state index contributed by atoms with van der Waals surface area (Å²) in [5.74, 6) is 1.28. The van der Waals surface area contributed by atoms with Crippen LogP contribution in [0.1, 0.15) is 90.5 Å². The van der Waals surface area contributed by atoms with Crippen molar-refractivity contribution < 1.29 is 23.5 Å². The van der Waals surface area contributed by atoms with E-state index in [4.69, 9.17) is 9.05 Å². The number of ketones is 1. The van der Waals surface area contributed by atoms with Crippen LogP contribution in [0.5, 0.6) is 0 Å². The van der Waals surface area contributed by atoms with Crippen LogP contribution >= 0.6 is 7.60 Å². The van der Waals surface area contributed by atoms with Gasteiger partial charge in [0.2, 0.25) is 0 Å². The van der Waals surface area contributed by atoms with E-state index in [0.717, 1.165) is 32.1 Å². The zero-order valence-corrected chi connectivity index (χ0v) is 24.3. The molecule has 5 atom stereocenters. The number of rotatable bonds is 8. The monoisotopic (exact) mass is 538 g/mol. The van der Waals surface area contributed by atoms with Crippen LogP contribution in [0.25, 0.3) is 0 Å². The van der Waals surface area contributed by atoms with E-state index in [1.165, 1.54) is 22.3 Å². The first kappa shape index (κ1) is 27.8. The lowest BCUT2D eigenvalue weighted by atomic mass is 9.51. The minimum Gasteiger partial charge on any atom is -0.389 e. The van der Waals surface area contributed by atoms with Crippen molar-refractivity contribution >= 4 is 18.7 Å². The molecule has 0 saturated heterocycles. The molecule has 6 heteroatoms. The van der Waals surface area contributed by atoms with Crippen LogP contribution in [0.15, 0.2) is 59.2 Å². The Morgan fingerprint density at radius 3 is 2.50 bits per heavy atom. The molecule has 38 heavy (non-hydrogen) atoms. The Kier molecular flexibility index (Phi) is 7.79. The third kappa shape index (κ3) is 4.54. The van der Waals surface area contributed by atoms with Gasteiger partial charge in [-0.25, -0.2) is 0 Å². The van der Waals surface area contributed by atoms with Gasteiger partial charge in [-0.05, 0) is 100.0 Å². The van der Waals surface area contributed by atoms with Crippen LogP contribution in [-0.2, 0) is 18.4 Å². The SMILES string of the molecule is CC=CC[C@]1(O)CC[C@H]2[C@@H]3CC=C4CC(=O)CCC4=C3[C@@H](c3ccc(P(=O)(OCC)OCC)cc3)C[C@@]21C. The Morgan fingerprint density at radius 1 is 1.13 bits per heavy atom. The van der Waals surface area contributed by atoms with Gasteiger partial charge in [0, 0.05) is 24.2 Å². The molecule has 4 aliphatic carbocycles. The number of hydrogen-bond acceptors (Lipinski definition) is 5. The van der Waals surface area contributed by atoms with Gasteiger partial charge >= 0.3 is 7.60 Å². The van der Waals surface area contributed by atoms with Crippen LogP contribution in [0, 0.1) is 17.3 Å². The quantitative estimate of drug-likeness (QED) is 0.280. The average molecular weight is 539 g/mol. The maximum atomic E-state index is 13.4. The zero-order valence-electron chi connectivity index (χ0n) is 23.4. The summed E-state index contributed by atoms with van der Waals surface area (Å²) >= 11 is 0. The number of hydrogen-bond donors (Lipinski definition) is 1. The molecule has 1 aromatic rings. The molecule has 0 unspecified atom stereocenters. The van der Waals surface area contributed by atoms with Crippen molar-refractivity contribution in [1.82, 2.24) is 0 Å².